The molecule has 0 aromatic heterocycles. The Hall–Kier alpha value is -2.33. The summed E-state index contributed by atoms with van der Waals surface area (Å²) >= 11 is 0. The molecule has 1 aliphatic rings. The van der Waals surface area contributed by atoms with Crippen molar-refractivity contribution in [2.24, 2.45) is 0 Å². The monoisotopic (exact) mass is 366 g/mol. The number of hydrogen-bond acceptors (Lipinski definition) is 3. The molecule has 1 aliphatic heterocycles. The summed E-state index contributed by atoms with van der Waals surface area (Å²) in [5.41, 5.74) is 1.66. The quantitative estimate of drug-likeness (QED) is 0.846. The predicted octanol–water partition coefficient (Wildman–Crippen LogP) is 3.76. The van der Waals surface area contributed by atoms with Crippen molar-refractivity contribution >= 4 is 5.91 Å². The number of ether oxygens (including phenoxy) is 1. The lowest BCUT2D eigenvalue weighted by molar-refractivity contribution is -0.127. The molecule has 0 spiro atoms. The van der Waals surface area contributed by atoms with E-state index < -0.39 is 5.41 Å². The minimum atomic E-state index is -0.465. The molecule has 2 aromatic rings. The first-order chi connectivity index (χ1) is 13.2. The highest BCUT2D eigenvalue weighted by Gasteiger charge is 2.41. The van der Waals surface area contributed by atoms with Crippen molar-refractivity contribution < 1.29 is 9.53 Å². The molecule has 4 heteroatoms. The van der Waals surface area contributed by atoms with E-state index in [4.69, 9.17) is 4.74 Å². The molecule has 0 radical (unpaired) electrons. The second-order valence-electron chi connectivity index (χ2n) is 7.23. The third kappa shape index (κ3) is 4.33. The molecule has 27 heavy (non-hydrogen) atoms. The second kappa shape index (κ2) is 9.05. The lowest BCUT2D eigenvalue weighted by Crippen LogP contribution is -2.45. The Labute approximate surface area is 162 Å². The number of hydrogen-bond donors (Lipinski definition) is 1. The fourth-order valence-electron chi connectivity index (χ4n) is 4.10. The Balaban J connectivity index is 1.83. The van der Waals surface area contributed by atoms with E-state index in [1.807, 2.05) is 42.5 Å². The Morgan fingerprint density at radius 3 is 2.56 bits per heavy atom. The number of nitrogens with zero attached hydrogens (tertiary/aromatic N) is 1. The van der Waals surface area contributed by atoms with Crippen LogP contribution in [0.3, 0.4) is 0 Å². The Morgan fingerprint density at radius 2 is 1.81 bits per heavy atom. The summed E-state index contributed by atoms with van der Waals surface area (Å²) in [6.45, 7) is 5.72. The van der Waals surface area contributed by atoms with E-state index in [-0.39, 0.29) is 5.91 Å². The fourth-order valence-corrected chi connectivity index (χ4v) is 4.10. The summed E-state index contributed by atoms with van der Waals surface area (Å²) in [6, 6.07) is 18.1. The van der Waals surface area contributed by atoms with Gasteiger partial charge in [-0.2, -0.15) is 0 Å². The molecule has 4 nitrogen and oxygen atoms in total. The van der Waals surface area contributed by atoms with Gasteiger partial charge in [0.25, 0.3) is 0 Å². The van der Waals surface area contributed by atoms with Crippen LogP contribution in [0.2, 0.25) is 0 Å². The summed E-state index contributed by atoms with van der Waals surface area (Å²) < 4.78 is 5.42. The highest BCUT2D eigenvalue weighted by atomic mass is 16.5. The highest BCUT2D eigenvalue weighted by molar-refractivity contribution is 5.88. The first kappa shape index (κ1) is 19.4. The normalized spacial score (nSPS) is 20.7. The van der Waals surface area contributed by atoms with Gasteiger partial charge in [0.1, 0.15) is 5.75 Å². The van der Waals surface area contributed by atoms with E-state index >= 15 is 0 Å². The van der Waals surface area contributed by atoms with Crippen molar-refractivity contribution in [2.75, 3.05) is 26.7 Å². The summed E-state index contributed by atoms with van der Waals surface area (Å²) in [5.74, 6) is 0.933. The van der Waals surface area contributed by atoms with Crippen LogP contribution < -0.4 is 10.1 Å². The third-order valence-corrected chi connectivity index (χ3v) is 5.77. The van der Waals surface area contributed by atoms with Gasteiger partial charge in [-0.3, -0.25) is 4.79 Å². The fraction of sp³-hybridized carbons (Fsp3) is 0.435. The Bertz CT molecular complexity index is 747. The lowest BCUT2D eigenvalue weighted by atomic mass is 9.73. The van der Waals surface area contributed by atoms with E-state index in [1.165, 1.54) is 0 Å². The van der Waals surface area contributed by atoms with E-state index in [0.717, 1.165) is 55.8 Å². The molecule has 1 saturated heterocycles. The topological polar surface area (TPSA) is 41.6 Å². The molecule has 1 unspecified atom stereocenters. The molecule has 1 amide bonds. The molecule has 3 rings (SSSR count). The average Bonchev–Trinajstić information content (AvgIpc) is 2.96. The van der Waals surface area contributed by atoms with Gasteiger partial charge in [0.05, 0.1) is 12.5 Å². The number of rotatable bonds is 6. The van der Waals surface area contributed by atoms with Gasteiger partial charge in [-0.25, -0.2) is 0 Å². The van der Waals surface area contributed by atoms with E-state index in [9.17, 15) is 4.79 Å². The SMILES string of the molecule is CCN1CCCC(C(=O)NCc2ccccc2OC)(c2ccccc2)CC1. The van der Waals surface area contributed by atoms with Crippen LogP contribution in [-0.2, 0) is 16.8 Å². The standard InChI is InChI=1S/C23H30N2O2/c1-3-25-16-9-14-23(15-17-25,20-11-5-4-6-12-20)22(26)24-18-19-10-7-8-13-21(19)27-2/h4-8,10-13H,3,9,14-18H2,1-2H3,(H,24,26). The van der Waals surface area contributed by atoms with Gasteiger partial charge in [0, 0.05) is 12.1 Å². The van der Waals surface area contributed by atoms with Crippen LogP contribution in [0.25, 0.3) is 0 Å². The first-order valence-electron chi connectivity index (χ1n) is 9.87. The zero-order valence-electron chi connectivity index (χ0n) is 16.4. The van der Waals surface area contributed by atoms with E-state index in [2.05, 4.69) is 29.3 Å². The maximum Gasteiger partial charge on any atom is 0.230 e. The molecule has 2 aromatic carbocycles. The zero-order chi connectivity index (χ0) is 19.1. The van der Waals surface area contributed by atoms with Gasteiger partial charge < -0.3 is 15.0 Å². The average molecular weight is 367 g/mol. The summed E-state index contributed by atoms with van der Waals surface area (Å²) in [7, 11) is 1.66. The number of methoxy groups -OCH3 is 1. The van der Waals surface area contributed by atoms with E-state index in [1.54, 1.807) is 7.11 Å². The van der Waals surface area contributed by atoms with Crippen molar-refractivity contribution in [2.45, 2.75) is 38.1 Å². The van der Waals surface area contributed by atoms with Gasteiger partial charge in [0.15, 0.2) is 0 Å². The number of likely N-dealkylation sites (tertiary alicyclic amines) is 1. The van der Waals surface area contributed by atoms with Crippen LogP contribution in [-0.4, -0.2) is 37.6 Å². The minimum absolute atomic E-state index is 0.123. The van der Waals surface area contributed by atoms with Crippen LogP contribution in [0.5, 0.6) is 5.75 Å². The molecule has 1 heterocycles. The molecule has 1 fully saturated rings. The molecular formula is C23H30N2O2. The van der Waals surface area contributed by atoms with Crippen molar-refractivity contribution in [1.29, 1.82) is 0 Å². The number of amides is 1. The highest BCUT2D eigenvalue weighted by Crippen LogP contribution is 2.36. The molecule has 1 atom stereocenters. The number of nitrogens with one attached hydrogen (secondary N) is 1. The molecule has 0 bridgehead atoms. The van der Waals surface area contributed by atoms with Gasteiger partial charge in [-0.05, 0) is 50.5 Å². The van der Waals surface area contributed by atoms with Crippen molar-refractivity contribution in [3.8, 4) is 5.75 Å². The second-order valence-corrected chi connectivity index (χ2v) is 7.23. The summed E-state index contributed by atoms with van der Waals surface area (Å²) in [6.07, 6.45) is 2.76. The first-order valence-corrected chi connectivity index (χ1v) is 9.87. The smallest absolute Gasteiger partial charge is 0.230 e. The van der Waals surface area contributed by atoms with Crippen molar-refractivity contribution in [3.05, 3.63) is 65.7 Å². The maximum atomic E-state index is 13.5. The van der Waals surface area contributed by atoms with Gasteiger partial charge >= 0.3 is 0 Å². The number of carbonyl (C=O) groups is 1. The van der Waals surface area contributed by atoms with Gasteiger partial charge in [-0.1, -0.05) is 55.5 Å². The third-order valence-electron chi connectivity index (χ3n) is 5.77. The van der Waals surface area contributed by atoms with Crippen molar-refractivity contribution in [3.63, 3.8) is 0 Å². The number of carbonyl (C=O) groups excluding carboxylic acids is 1. The largest absolute Gasteiger partial charge is 0.496 e. The summed E-state index contributed by atoms with van der Waals surface area (Å²) in [5, 5.41) is 3.21. The molecular weight excluding hydrogens is 336 g/mol. The van der Waals surface area contributed by atoms with Gasteiger partial charge in [0.2, 0.25) is 5.91 Å². The Kier molecular flexibility index (Phi) is 6.51. The van der Waals surface area contributed by atoms with Crippen LogP contribution in [0.4, 0.5) is 0 Å². The van der Waals surface area contributed by atoms with Crippen LogP contribution in [0.15, 0.2) is 54.6 Å². The van der Waals surface area contributed by atoms with Gasteiger partial charge in [-0.15, -0.1) is 0 Å². The molecule has 0 aliphatic carbocycles. The van der Waals surface area contributed by atoms with Crippen LogP contribution >= 0.6 is 0 Å². The predicted molar refractivity (Wildman–Crippen MR) is 109 cm³/mol. The zero-order valence-corrected chi connectivity index (χ0v) is 16.4. The van der Waals surface area contributed by atoms with Crippen LogP contribution in [0, 0.1) is 0 Å². The van der Waals surface area contributed by atoms with E-state index in [0.29, 0.717) is 6.54 Å². The minimum Gasteiger partial charge on any atom is -0.496 e. The number of para-hydroxylation sites is 1. The summed E-state index contributed by atoms with van der Waals surface area (Å²) in [4.78, 5) is 15.9. The Morgan fingerprint density at radius 1 is 1.07 bits per heavy atom. The maximum absolute atomic E-state index is 13.5. The lowest BCUT2D eigenvalue weighted by Gasteiger charge is -2.32. The molecule has 0 saturated carbocycles. The molecule has 144 valence electrons. The van der Waals surface area contributed by atoms with Crippen molar-refractivity contribution in [1.82, 2.24) is 10.2 Å². The number of benzene rings is 2. The molecule has 1 N–H and O–H groups in total. The van der Waals surface area contributed by atoms with Crippen LogP contribution in [0.1, 0.15) is 37.3 Å².